The Balaban J connectivity index is 2.90. The Labute approximate surface area is 94.7 Å². The zero-order valence-corrected chi connectivity index (χ0v) is 9.60. The van der Waals surface area contributed by atoms with Crippen LogP contribution in [0.1, 0.15) is 43.0 Å². The lowest BCUT2D eigenvalue weighted by Gasteiger charge is -2.10. The first-order chi connectivity index (χ1) is 7.52. The van der Waals surface area contributed by atoms with Crippen molar-refractivity contribution in [3.8, 4) is 0 Å². The third-order valence-electron chi connectivity index (χ3n) is 2.16. The maximum absolute atomic E-state index is 10.5. The molecule has 1 rings (SSSR count). The number of nitrogens with zero attached hydrogens (tertiary/aromatic N) is 2. The highest BCUT2D eigenvalue weighted by molar-refractivity contribution is 5.67. The highest BCUT2D eigenvalue weighted by Crippen LogP contribution is 2.11. The molecule has 0 bridgehead atoms. The van der Waals surface area contributed by atoms with Crippen molar-refractivity contribution in [2.75, 3.05) is 0 Å². The summed E-state index contributed by atoms with van der Waals surface area (Å²) in [5.74, 6) is -0.513. The lowest BCUT2D eigenvalue weighted by Crippen LogP contribution is -2.19. The van der Waals surface area contributed by atoms with Crippen molar-refractivity contribution in [3.63, 3.8) is 0 Å². The molecule has 0 amide bonds. The van der Waals surface area contributed by atoms with E-state index >= 15 is 0 Å². The van der Waals surface area contributed by atoms with Gasteiger partial charge in [0.25, 0.3) is 0 Å². The smallest absolute Gasteiger partial charge is 0.305 e. The Morgan fingerprint density at radius 3 is 2.81 bits per heavy atom. The van der Waals surface area contributed by atoms with Gasteiger partial charge in [0, 0.05) is 11.4 Å². The van der Waals surface area contributed by atoms with Gasteiger partial charge in [-0.1, -0.05) is 13.3 Å². The van der Waals surface area contributed by atoms with Gasteiger partial charge in [0.2, 0.25) is 0 Å². The molecule has 0 spiro atoms. The standard InChI is InChI=1S/C11H17N3O2/c1-3-4-8-5-7(2)13-11(14-8)9(12)6-10(15)16/h5,9H,3-4,6,12H2,1-2H3,(H,15,16). The van der Waals surface area contributed by atoms with Gasteiger partial charge < -0.3 is 10.8 Å². The Hall–Kier alpha value is -1.49. The van der Waals surface area contributed by atoms with Gasteiger partial charge >= 0.3 is 5.97 Å². The van der Waals surface area contributed by atoms with Gasteiger partial charge in [-0.25, -0.2) is 9.97 Å². The number of carboxylic acids is 1. The number of carbonyl (C=O) groups is 1. The number of aryl methyl sites for hydroxylation is 2. The zero-order valence-electron chi connectivity index (χ0n) is 9.60. The summed E-state index contributed by atoms with van der Waals surface area (Å²) in [4.78, 5) is 19.0. The van der Waals surface area contributed by atoms with Crippen LogP contribution < -0.4 is 5.73 Å². The third-order valence-corrected chi connectivity index (χ3v) is 2.16. The second-order valence-corrected chi connectivity index (χ2v) is 3.81. The molecular weight excluding hydrogens is 206 g/mol. The van der Waals surface area contributed by atoms with Crippen LogP contribution in [0, 0.1) is 6.92 Å². The molecule has 0 fully saturated rings. The molecule has 5 heteroatoms. The van der Waals surface area contributed by atoms with Gasteiger partial charge in [0.15, 0.2) is 0 Å². The van der Waals surface area contributed by atoms with Crippen LogP contribution in [0.2, 0.25) is 0 Å². The minimum atomic E-state index is -0.936. The molecule has 1 unspecified atom stereocenters. The second kappa shape index (κ2) is 5.55. The molecule has 0 saturated carbocycles. The molecule has 0 aromatic carbocycles. The normalized spacial score (nSPS) is 12.4. The zero-order chi connectivity index (χ0) is 12.1. The van der Waals surface area contributed by atoms with E-state index < -0.39 is 12.0 Å². The van der Waals surface area contributed by atoms with Crippen LogP contribution in [0.3, 0.4) is 0 Å². The van der Waals surface area contributed by atoms with Crippen LogP contribution in [0.5, 0.6) is 0 Å². The van der Waals surface area contributed by atoms with Crippen LogP contribution in [0.4, 0.5) is 0 Å². The average Bonchev–Trinajstić information content (AvgIpc) is 2.16. The van der Waals surface area contributed by atoms with E-state index in [0.29, 0.717) is 5.82 Å². The van der Waals surface area contributed by atoms with Gasteiger partial charge in [0.1, 0.15) is 5.82 Å². The lowest BCUT2D eigenvalue weighted by atomic mass is 10.1. The van der Waals surface area contributed by atoms with E-state index in [9.17, 15) is 4.79 Å². The summed E-state index contributed by atoms with van der Waals surface area (Å²) in [5.41, 5.74) is 7.47. The minimum Gasteiger partial charge on any atom is -0.481 e. The molecule has 1 aromatic rings. The van der Waals surface area contributed by atoms with Crippen molar-refractivity contribution in [3.05, 3.63) is 23.3 Å². The molecule has 0 aliphatic rings. The van der Waals surface area contributed by atoms with Crippen LogP contribution in [-0.4, -0.2) is 21.0 Å². The summed E-state index contributed by atoms with van der Waals surface area (Å²) in [5, 5.41) is 8.65. The van der Waals surface area contributed by atoms with Crippen LogP contribution in [0.15, 0.2) is 6.07 Å². The molecule has 5 nitrogen and oxygen atoms in total. The number of hydrogen-bond acceptors (Lipinski definition) is 4. The summed E-state index contributed by atoms with van der Waals surface area (Å²) < 4.78 is 0. The molecule has 0 saturated heterocycles. The molecule has 1 atom stereocenters. The number of rotatable bonds is 5. The second-order valence-electron chi connectivity index (χ2n) is 3.81. The average molecular weight is 223 g/mol. The van der Waals surface area contributed by atoms with Crippen LogP contribution in [0.25, 0.3) is 0 Å². The van der Waals surface area contributed by atoms with Crippen molar-refractivity contribution in [2.24, 2.45) is 5.73 Å². The molecule has 0 radical (unpaired) electrons. The molecule has 0 aliphatic heterocycles. The van der Waals surface area contributed by atoms with Crippen molar-refractivity contribution >= 4 is 5.97 Å². The maximum atomic E-state index is 10.5. The van der Waals surface area contributed by atoms with E-state index in [-0.39, 0.29) is 6.42 Å². The fraction of sp³-hybridized carbons (Fsp3) is 0.545. The third kappa shape index (κ3) is 3.58. The fourth-order valence-corrected chi connectivity index (χ4v) is 1.49. The van der Waals surface area contributed by atoms with Gasteiger partial charge in [-0.15, -0.1) is 0 Å². The highest BCUT2D eigenvalue weighted by Gasteiger charge is 2.14. The Bertz CT molecular complexity index is 379. The predicted octanol–water partition coefficient (Wildman–Crippen LogP) is 1.21. The van der Waals surface area contributed by atoms with E-state index in [4.69, 9.17) is 10.8 Å². The number of nitrogens with two attached hydrogens (primary N) is 1. The summed E-state index contributed by atoms with van der Waals surface area (Å²) in [7, 11) is 0. The Morgan fingerprint density at radius 1 is 1.56 bits per heavy atom. The van der Waals surface area contributed by atoms with E-state index in [1.54, 1.807) is 0 Å². The molecular formula is C11H17N3O2. The van der Waals surface area contributed by atoms with Crippen molar-refractivity contribution in [1.82, 2.24) is 9.97 Å². The first-order valence-electron chi connectivity index (χ1n) is 5.34. The Morgan fingerprint density at radius 2 is 2.25 bits per heavy atom. The maximum Gasteiger partial charge on any atom is 0.305 e. The number of aliphatic carboxylic acids is 1. The lowest BCUT2D eigenvalue weighted by molar-refractivity contribution is -0.137. The Kier molecular flexibility index (Phi) is 4.37. The molecule has 0 aliphatic carbocycles. The molecule has 16 heavy (non-hydrogen) atoms. The van der Waals surface area contributed by atoms with E-state index in [1.165, 1.54) is 0 Å². The van der Waals surface area contributed by atoms with Crippen LogP contribution in [-0.2, 0) is 11.2 Å². The quantitative estimate of drug-likeness (QED) is 0.783. The van der Waals surface area contributed by atoms with E-state index in [1.807, 2.05) is 13.0 Å². The van der Waals surface area contributed by atoms with Crippen LogP contribution >= 0.6 is 0 Å². The van der Waals surface area contributed by atoms with Gasteiger partial charge in [-0.05, 0) is 19.4 Å². The van der Waals surface area contributed by atoms with E-state index in [2.05, 4.69) is 16.9 Å². The molecule has 3 N–H and O–H groups in total. The summed E-state index contributed by atoms with van der Waals surface area (Å²) in [6.07, 6.45) is 1.70. The van der Waals surface area contributed by atoms with Gasteiger partial charge in [-0.2, -0.15) is 0 Å². The summed E-state index contributed by atoms with van der Waals surface area (Å²) >= 11 is 0. The van der Waals surface area contributed by atoms with Crippen molar-refractivity contribution in [2.45, 2.75) is 39.2 Å². The molecule has 1 aromatic heterocycles. The predicted molar refractivity (Wildman–Crippen MR) is 59.9 cm³/mol. The van der Waals surface area contributed by atoms with E-state index in [0.717, 1.165) is 24.2 Å². The van der Waals surface area contributed by atoms with Gasteiger partial charge in [-0.3, -0.25) is 4.79 Å². The topological polar surface area (TPSA) is 89.1 Å². The SMILES string of the molecule is CCCc1cc(C)nc(C(N)CC(=O)O)n1. The van der Waals surface area contributed by atoms with Crippen molar-refractivity contribution in [1.29, 1.82) is 0 Å². The first kappa shape index (κ1) is 12.6. The summed E-state index contributed by atoms with van der Waals surface area (Å²) in [6, 6.07) is 1.27. The summed E-state index contributed by atoms with van der Waals surface area (Å²) in [6.45, 7) is 3.92. The first-order valence-corrected chi connectivity index (χ1v) is 5.34. The molecule has 1 heterocycles. The number of aromatic nitrogens is 2. The largest absolute Gasteiger partial charge is 0.481 e. The minimum absolute atomic E-state index is 0.144. The highest BCUT2D eigenvalue weighted by atomic mass is 16.4. The number of carboxylic acid groups (broad SMARTS) is 1. The van der Waals surface area contributed by atoms with Gasteiger partial charge in [0.05, 0.1) is 12.5 Å². The van der Waals surface area contributed by atoms with Crippen molar-refractivity contribution < 1.29 is 9.90 Å². The number of hydrogen-bond donors (Lipinski definition) is 2. The monoisotopic (exact) mass is 223 g/mol. The fourth-order valence-electron chi connectivity index (χ4n) is 1.49. The molecule has 88 valence electrons.